The molecule has 25 heavy (non-hydrogen) atoms. The number of halogens is 3. The molecule has 0 aliphatic rings. The molecule has 2 amide bonds. The summed E-state index contributed by atoms with van der Waals surface area (Å²) in [4.78, 5) is 12.0. The molecule has 0 heterocycles. The normalized spacial score (nSPS) is 12.4. The number of anilines is 1. The summed E-state index contributed by atoms with van der Waals surface area (Å²) >= 11 is 0. The topological polar surface area (TPSA) is 70.6 Å². The van der Waals surface area contributed by atoms with Gasteiger partial charge in [-0.3, -0.25) is 0 Å². The smallest absolute Gasteiger partial charge is 0.418 e. The van der Waals surface area contributed by atoms with Crippen molar-refractivity contribution in [3.63, 3.8) is 0 Å². The van der Waals surface area contributed by atoms with E-state index in [0.717, 1.165) is 12.1 Å². The van der Waals surface area contributed by atoms with Crippen LogP contribution in [0.3, 0.4) is 0 Å². The molecule has 2 aromatic rings. The van der Waals surface area contributed by atoms with Crippen molar-refractivity contribution >= 4 is 11.7 Å². The number of carbonyl (C=O) groups is 1. The highest BCUT2D eigenvalue weighted by molar-refractivity contribution is 5.90. The number of ether oxygens (including phenoxy) is 1. The Morgan fingerprint density at radius 2 is 1.88 bits per heavy atom. The molecule has 0 spiro atoms. The number of carbonyl (C=O) groups excluding carboxylic acids is 1. The molecule has 2 aromatic carbocycles. The number of para-hydroxylation sites is 1. The summed E-state index contributed by atoms with van der Waals surface area (Å²) in [5.74, 6) is 0.411. The molecule has 0 radical (unpaired) electrons. The minimum atomic E-state index is -4.58. The fraction of sp³-hybridized carbons (Fsp3) is 0.235. The maximum atomic E-state index is 12.9. The van der Waals surface area contributed by atoms with Crippen LogP contribution < -0.4 is 15.4 Å². The van der Waals surface area contributed by atoms with Crippen molar-refractivity contribution in [1.29, 1.82) is 0 Å². The van der Waals surface area contributed by atoms with Gasteiger partial charge in [0.1, 0.15) is 11.5 Å². The van der Waals surface area contributed by atoms with Crippen molar-refractivity contribution in [2.75, 3.05) is 12.4 Å². The Labute approximate surface area is 142 Å². The average Bonchev–Trinajstić information content (AvgIpc) is 2.54. The monoisotopic (exact) mass is 354 g/mol. The van der Waals surface area contributed by atoms with Crippen molar-refractivity contribution in [2.45, 2.75) is 19.1 Å². The van der Waals surface area contributed by atoms with Crippen LogP contribution in [0.4, 0.5) is 23.7 Å². The van der Waals surface area contributed by atoms with E-state index in [-0.39, 0.29) is 11.4 Å². The number of aromatic hydroxyl groups is 1. The minimum Gasteiger partial charge on any atom is -0.508 e. The molecule has 5 nitrogen and oxygen atoms in total. The molecule has 0 bridgehead atoms. The number of alkyl halides is 3. The second-order valence-electron chi connectivity index (χ2n) is 5.29. The summed E-state index contributed by atoms with van der Waals surface area (Å²) in [6.45, 7) is 1.59. The Balaban J connectivity index is 2.14. The lowest BCUT2D eigenvalue weighted by Crippen LogP contribution is -2.32. The van der Waals surface area contributed by atoms with Crippen LogP contribution in [0.2, 0.25) is 0 Å². The van der Waals surface area contributed by atoms with Crippen LogP contribution in [-0.4, -0.2) is 18.2 Å². The fourth-order valence-corrected chi connectivity index (χ4v) is 2.28. The number of benzene rings is 2. The van der Waals surface area contributed by atoms with Crippen molar-refractivity contribution in [3.8, 4) is 11.5 Å². The van der Waals surface area contributed by atoms with Crippen LogP contribution in [0.25, 0.3) is 0 Å². The maximum Gasteiger partial charge on any atom is 0.418 e. The van der Waals surface area contributed by atoms with Crippen LogP contribution in [0.15, 0.2) is 42.5 Å². The van der Waals surface area contributed by atoms with Gasteiger partial charge in [0.25, 0.3) is 0 Å². The van der Waals surface area contributed by atoms with Crippen LogP contribution in [0.5, 0.6) is 11.5 Å². The van der Waals surface area contributed by atoms with Gasteiger partial charge >= 0.3 is 12.2 Å². The molecule has 0 aromatic heterocycles. The molecule has 0 aliphatic heterocycles. The number of amides is 2. The first-order chi connectivity index (χ1) is 11.7. The van der Waals surface area contributed by atoms with E-state index in [0.29, 0.717) is 11.3 Å². The lowest BCUT2D eigenvalue weighted by atomic mass is 10.1. The van der Waals surface area contributed by atoms with Gasteiger partial charge in [0.05, 0.1) is 24.4 Å². The second-order valence-corrected chi connectivity index (χ2v) is 5.29. The standard InChI is InChI=1S/C17H17F3N2O3/c1-10(12-9-11(25-2)7-8-15(12)23)21-16(24)22-14-6-4-3-5-13(14)17(18,19)20/h3-10,23H,1-2H3,(H2,21,22,24). The number of methoxy groups -OCH3 is 1. The Bertz CT molecular complexity index is 763. The second kappa shape index (κ2) is 7.33. The number of urea groups is 1. The summed E-state index contributed by atoms with van der Waals surface area (Å²) in [7, 11) is 1.45. The zero-order chi connectivity index (χ0) is 18.6. The zero-order valence-corrected chi connectivity index (χ0v) is 13.5. The van der Waals surface area contributed by atoms with Crippen LogP contribution >= 0.6 is 0 Å². The van der Waals surface area contributed by atoms with Gasteiger partial charge < -0.3 is 20.5 Å². The molecule has 2 rings (SSSR count). The van der Waals surface area contributed by atoms with E-state index in [1.165, 1.54) is 31.4 Å². The van der Waals surface area contributed by atoms with Gasteiger partial charge in [-0.1, -0.05) is 12.1 Å². The van der Waals surface area contributed by atoms with E-state index in [2.05, 4.69) is 10.6 Å². The first-order valence-corrected chi connectivity index (χ1v) is 7.33. The third kappa shape index (κ3) is 4.56. The van der Waals surface area contributed by atoms with E-state index in [1.807, 2.05) is 0 Å². The molecule has 0 saturated heterocycles. The molecule has 3 N–H and O–H groups in total. The first kappa shape index (κ1) is 18.4. The Morgan fingerprint density at radius 3 is 2.52 bits per heavy atom. The fourth-order valence-electron chi connectivity index (χ4n) is 2.28. The van der Waals surface area contributed by atoms with E-state index in [4.69, 9.17) is 4.74 Å². The van der Waals surface area contributed by atoms with Crippen LogP contribution in [0.1, 0.15) is 24.1 Å². The zero-order valence-electron chi connectivity index (χ0n) is 13.5. The van der Waals surface area contributed by atoms with Crippen molar-refractivity contribution in [2.24, 2.45) is 0 Å². The quantitative estimate of drug-likeness (QED) is 0.767. The summed E-state index contributed by atoms with van der Waals surface area (Å²) in [6.07, 6.45) is -4.58. The van der Waals surface area contributed by atoms with E-state index >= 15 is 0 Å². The van der Waals surface area contributed by atoms with Gasteiger partial charge in [-0.05, 0) is 37.3 Å². The SMILES string of the molecule is COc1ccc(O)c(C(C)NC(=O)Nc2ccccc2C(F)(F)F)c1. The van der Waals surface area contributed by atoms with Gasteiger partial charge in [-0.15, -0.1) is 0 Å². The molecular formula is C17H17F3N2O3. The average molecular weight is 354 g/mol. The van der Waals surface area contributed by atoms with Gasteiger partial charge in [0.15, 0.2) is 0 Å². The van der Waals surface area contributed by atoms with E-state index in [9.17, 15) is 23.1 Å². The Morgan fingerprint density at radius 1 is 1.20 bits per heavy atom. The highest BCUT2D eigenvalue weighted by atomic mass is 19.4. The molecule has 1 unspecified atom stereocenters. The number of phenolic OH excluding ortho intramolecular Hbond substituents is 1. The van der Waals surface area contributed by atoms with Crippen molar-refractivity contribution in [3.05, 3.63) is 53.6 Å². The number of hydrogen-bond donors (Lipinski definition) is 3. The number of phenols is 1. The third-order valence-corrected chi connectivity index (χ3v) is 3.53. The summed E-state index contributed by atoms with van der Waals surface area (Å²) in [5.41, 5.74) is -0.921. The highest BCUT2D eigenvalue weighted by Gasteiger charge is 2.33. The maximum absolute atomic E-state index is 12.9. The molecule has 0 fully saturated rings. The van der Waals surface area contributed by atoms with Crippen molar-refractivity contribution < 1.29 is 27.8 Å². The molecule has 8 heteroatoms. The van der Waals surface area contributed by atoms with Crippen molar-refractivity contribution in [1.82, 2.24) is 5.32 Å². The molecular weight excluding hydrogens is 337 g/mol. The van der Waals surface area contributed by atoms with E-state index < -0.39 is 23.8 Å². The summed E-state index contributed by atoms with van der Waals surface area (Å²) in [5, 5.41) is 14.5. The Kier molecular flexibility index (Phi) is 5.41. The van der Waals surface area contributed by atoms with E-state index in [1.54, 1.807) is 13.0 Å². The van der Waals surface area contributed by atoms with Crippen LogP contribution in [0, 0.1) is 0 Å². The largest absolute Gasteiger partial charge is 0.508 e. The Hall–Kier alpha value is -2.90. The number of nitrogens with one attached hydrogen (secondary N) is 2. The lowest BCUT2D eigenvalue weighted by Gasteiger charge is -2.18. The third-order valence-electron chi connectivity index (χ3n) is 3.53. The lowest BCUT2D eigenvalue weighted by molar-refractivity contribution is -0.136. The summed E-state index contributed by atoms with van der Waals surface area (Å²) < 4.78 is 43.9. The molecule has 134 valence electrons. The molecule has 1 atom stereocenters. The minimum absolute atomic E-state index is 0.0655. The first-order valence-electron chi connectivity index (χ1n) is 7.33. The van der Waals surface area contributed by atoms with Gasteiger partial charge in [0, 0.05) is 5.56 Å². The van der Waals surface area contributed by atoms with Gasteiger partial charge in [0.2, 0.25) is 0 Å². The summed E-state index contributed by atoms with van der Waals surface area (Å²) in [6, 6.07) is 7.67. The molecule has 0 saturated carbocycles. The van der Waals surface area contributed by atoms with Gasteiger partial charge in [-0.25, -0.2) is 4.79 Å². The predicted molar refractivity (Wildman–Crippen MR) is 86.7 cm³/mol. The predicted octanol–water partition coefficient (Wildman–Crippen LogP) is 4.30. The number of hydrogen-bond acceptors (Lipinski definition) is 3. The van der Waals surface area contributed by atoms with Crippen LogP contribution in [-0.2, 0) is 6.18 Å². The highest BCUT2D eigenvalue weighted by Crippen LogP contribution is 2.34. The van der Waals surface area contributed by atoms with Gasteiger partial charge in [-0.2, -0.15) is 13.2 Å². The molecule has 0 aliphatic carbocycles. The number of rotatable bonds is 4.